The summed E-state index contributed by atoms with van der Waals surface area (Å²) >= 11 is 3.06. The number of aromatic nitrogens is 4. The molecule has 2 aromatic heterocycles. The van der Waals surface area contributed by atoms with E-state index in [9.17, 15) is 0 Å². The van der Waals surface area contributed by atoms with Gasteiger partial charge in [0, 0.05) is 12.1 Å². The third-order valence-electron chi connectivity index (χ3n) is 3.06. The lowest BCUT2D eigenvalue weighted by Crippen LogP contribution is -1.98. The molecule has 0 fully saturated rings. The summed E-state index contributed by atoms with van der Waals surface area (Å²) in [5, 5.41) is 20.4. The second-order valence-electron chi connectivity index (χ2n) is 4.82. The van der Waals surface area contributed by atoms with Gasteiger partial charge in [0.25, 0.3) is 0 Å². The number of benzene rings is 1. The van der Waals surface area contributed by atoms with Crippen LogP contribution in [0, 0.1) is 0 Å². The highest BCUT2D eigenvalue weighted by atomic mass is 32.2. The molecule has 0 saturated carbocycles. The Morgan fingerprint density at radius 1 is 1.17 bits per heavy atom. The van der Waals surface area contributed by atoms with Gasteiger partial charge < -0.3 is 14.5 Å². The maximum absolute atomic E-state index is 5.69. The van der Waals surface area contributed by atoms with Gasteiger partial charge in [-0.3, -0.25) is 0 Å². The lowest BCUT2D eigenvalue weighted by molar-refractivity contribution is 0.415. The van der Waals surface area contributed by atoms with E-state index < -0.39 is 0 Å². The van der Waals surface area contributed by atoms with Crippen LogP contribution in [0.15, 0.2) is 33.0 Å². The van der Waals surface area contributed by atoms with E-state index in [1.165, 1.54) is 23.1 Å². The molecule has 24 heavy (non-hydrogen) atoms. The molecule has 3 rings (SSSR count). The van der Waals surface area contributed by atoms with Crippen LogP contribution in [-0.2, 0) is 5.75 Å². The van der Waals surface area contributed by atoms with Crippen molar-refractivity contribution in [1.29, 1.82) is 0 Å². The van der Waals surface area contributed by atoms with Crippen molar-refractivity contribution in [3.63, 3.8) is 0 Å². The Bertz CT molecular complexity index is 772. The Kier molecular flexibility index (Phi) is 5.65. The third-order valence-corrected chi connectivity index (χ3v) is 5.05. The minimum Gasteiger partial charge on any atom is -0.497 e. The number of nitrogens with zero attached hydrogens (tertiary/aromatic N) is 4. The summed E-state index contributed by atoms with van der Waals surface area (Å²) in [4.78, 5) is 0. The Morgan fingerprint density at radius 2 is 2.00 bits per heavy atom. The largest absolute Gasteiger partial charge is 0.497 e. The van der Waals surface area contributed by atoms with Crippen LogP contribution in [0.5, 0.6) is 5.75 Å². The molecule has 0 atom stereocenters. The lowest BCUT2D eigenvalue weighted by Gasteiger charge is -1.99. The van der Waals surface area contributed by atoms with Crippen molar-refractivity contribution >= 4 is 28.2 Å². The maximum atomic E-state index is 5.69. The quantitative estimate of drug-likeness (QED) is 0.606. The first-order chi connectivity index (χ1) is 11.8. The normalized spacial score (nSPS) is 10.8. The molecule has 2 heterocycles. The van der Waals surface area contributed by atoms with Crippen molar-refractivity contribution in [3.05, 3.63) is 30.2 Å². The number of hydrogen-bond donors (Lipinski definition) is 1. The van der Waals surface area contributed by atoms with Crippen LogP contribution >= 0.6 is 23.1 Å². The van der Waals surface area contributed by atoms with Crippen molar-refractivity contribution in [1.82, 2.24) is 20.4 Å². The molecule has 0 amide bonds. The number of hydrogen-bond acceptors (Lipinski definition) is 9. The minimum atomic E-state index is 0.496. The summed E-state index contributed by atoms with van der Waals surface area (Å²) in [6.07, 6.45) is 1.05. The summed E-state index contributed by atoms with van der Waals surface area (Å²) < 4.78 is 11.7. The summed E-state index contributed by atoms with van der Waals surface area (Å²) in [5.74, 6) is 2.41. The summed E-state index contributed by atoms with van der Waals surface area (Å²) in [6.45, 7) is 3.01. The predicted molar refractivity (Wildman–Crippen MR) is 94.5 cm³/mol. The second kappa shape index (κ2) is 8.11. The highest BCUT2D eigenvalue weighted by molar-refractivity contribution is 8.00. The smallest absolute Gasteiger partial charge is 0.247 e. The van der Waals surface area contributed by atoms with Crippen molar-refractivity contribution in [2.75, 3.05) is 19.0 Å². The maximum Gasteiger partial charge on any atom is 0.247 e. The first-order valence-corrected chi connectivity index (χ1v) is 9.25. The van der Waals surface area contributed by atoms with Crippen LogP contribution in [0.3, 0.4) is 0 Å². The standard InChI is InChI=1S/C15H17N5O2S2/c1-3-8-16-14-19-20-15(24-14)23-9-12-17-18-13(22-12)10-4-6-11(21-2)7-5-10/h4-7H,3,8-9H2,1-2H3,(H,16,19). The van der Waals surface area contributed by atoms with E-state index in [1.807, 2.05) is 24.3 Å². The van der Waals surface area contributed by atoms with Gasteiger partial charge in [0.2, 0.25) is 16.9 Å². The van der Waals surface area contributed by atoms with Gasteiger partial charge in [0.15, 0.2) is 4.34 Å². The van der Waals surface area contributed by atoms with E-state index >= 15 is 0 Å². The molecule has 0 aliphatic rings. The van der Waals surface area contributed by atoms with Crippen molar-refractivity contribution in [2.45, 2.75) is 23.4 Å². The molecule has 1 N–H and O–H groups in total. The predicted octanol–water partition coefficient (Wildman–Crippen LogP) is 3.71. The Morgan fingerprint density at radius 3 is 2.75 bits per heavy atom. The van der Waals surface area contributed by atoms with Crippen molar-refractivity contribution in [2.24, 2.45) is 0 Å². The number of thioether (sulfide) groups is 1. The highest BCUT2D eigenvalue weighted by Gasteiger charge is 2.11. The van der Waals surface area contributed by atoms with Crippen LogP contribution < -0.4 is 10.1 Å². The average Bonchev–Trinajstić information content (AvgIpc) is 3.27. The number of methoxy groups -OCH3 is 1. The highest BCUT2D eigenvalue weighted by Crippen LogP contribution is 2.29. The number of anilines is 1. The van der Waals surface area contributed by atoms with Gasteiger partial charge in [-0.25, -0.2) is 0 Å². The van der Waals surface area contributed by atoms with Gasteiger partial charge in [0.05, 0.1) is 12.9 Å². The van der Waals surface area contributed by atoms with E-state index in [1.54, 1.807) is 7.11 Å². The molecular formula is C15H17N5O2S2. The fourth-order valence-corrected chi connectivity index (χ4v) is 3.47. The molecule has 0 spiro atoms. The van der Waals surface area contributed by atoms with Gasteiger partial charge in [-0.15, -0.1) is 20.4 Å². The van der Waals surface area contributed by atoms with E-state index in [0.717, 1.165) is 33.7 Å². The van der Waals surface area contributed by atoms with Crippen molar-refractivity contribution < 1.29 is 9.15 Å². The number of ether oxygens (including phenoxy) is 1. The zero-order valence-corrected chi connectivity index (χ0v) is 15.0. The average molecular weight is 363 g/mol. The second-order valence-corrected chi connectivity index (χ2v) is 7.02. The molecular weight excluding hydrogens is 346 g/mol. The van der Waals surface area contributed by atoms with Crippen LogP contribution in [-0.4, -0.2) is 34.0 Å². The van der Waals surface area contributed by atoms with Gasteiger partial charge in [-0.2, -0.15) is 0 Å². The van der Waals surface area contributed by atoms with Crippen LogP contribution in [0.1, 0.15) is 19.2 Å². The zero-order valence-electron chi connectivity index (χ0n) is 13.4. The van der Waals surface area contributed by atoms with Gasteiger partial charge in [-0.1, -0.05) is 30.0 Å². The van der Waals surface area contributed by atoms with E-state index in [0.29, 0.717) is 17.5 Å². The Hall–Kier alpha value is -2.13. The zero-order chi connectivity index (χ0) is 16.8. The van der Waals surface area contributed by atoms with E-state index in [2.05, 4.69) is 32.6 Å². The van der Waals surface area contributed by atoms with E-state index in [4.69, 9.17) is 9.15 Å². The first kappa shape index (κ1) is 16.7. The monoisotopic (exact) mass is 363 g/mol. The molecule has 126 valence electrons. The minimum absolute atomic E-state index is 0.496. The van der Waals surface area contributed by atoms with Crippen LogP contribution in [0.4, 0.5) is 5.13 Å². The molecule has 0 unspecified atom stereocenters. The third kappa shape index (κ3) is 4.24. The molecule has 1 aromatic carbocycles. The molecule has 0 radical (unpaired) electrons. The first-order valence-electron chi connectivity index (χ1n) is 7.45. The number of nitrogens with one attached hydrogen (secondary N) is 1. The summed E-state index contributed by atoms with van der Waals surface area (Å²) in [6, 6.07) is 7.50. The Labute approximate surface area is 147 Å². The topological polar surface area (TPSA) is 86.0 Å². The fourth-order valence-electron chi connectivity index (χ4n) is 1.86. The molecule has 7 nitrogen and oxygen atoms in total. The Balaban J connectivity index is 1.58. The summed E-state index contributed by atoms with van der Waals surface area (Å²) in [7, 11) is 1.63. The molecule has 0 bridgehead atoms. The van der Waals surface area contributed by atoms with Crippen LogP contribution in [0.2, 0.25) is 0 Å². The van der Waals surface area contributed by atoms with Gasteiger partial charge >= 0.3 is 0 Å². The molecule has 0 aliphatic heterocycles. The summed E-state index contributed by atoms with van der Waals surface area (Å²) in [5.41, 5.74) is 0.863. The molecule has 0 aliphatic carbocycles. The van der Waals surface area contributed by atoms with Gasteiger partial charge in [0.1, 0.15) is 5.75 Å². The molecule has 3 aromatic rings. The SMILES string of the molecule is CCCNc1nnc(SCc2nnc(-c3ccc(OC)cc3)o2)s1. The lowest BCUT2D eigenvalue weighted by atomic mass is 10.2. The van der Waals surface area contributed by atoms with Crippen LogP contribution in [0.25, 0.3) is 11.5 Å². The molecule has 9 heteroatoms. The van der Waals surface area contributed by atoms with Crippen molar-refractivity contribution in [3.8, 4) is 17.2 Å². The fraction of sp³-hybridized carbons (Fsp3) is 0.333. The van der Waals surface area contributed by atoms with E-state index in [-0.39, 0.29) is 0 Å². The number of rotatable bonds is 8. The van der Waals surface area contributed by atoms with Gasteiger partial charge in [-0.05, 0) is 30.7 Å². The molecule has 0 saturated heterocycles.